The van der Waals surface area contributed by atoms with Gasteiger partial charge in [-0.25, -0.2) is 13.8 Å². The summed E-state index contributed by atoms with van der Waals surface area (Å²) in [5, 5.41) is 9.84. The minimum Gasteiger partial charge on any atom is -0.293 e. The van der Waals surface area contributed by atoms with Crippen molar-refractivity contribution in [2.45, 2.75) is 6.54 Å². The molecule has 142 valence electrons. The summed E-state index contributed by atoms with van der Waals surface area (Å²) in [5.74, 6) is -1.53. The van der Waals surface area contributed by atoms with Crippen LogP contribution in [-0.4, -0.2) is 24.5 Å². The average Bonchev–Trinajstić information content (AvgIpc) is 3.15. The second-order valence-electron chi connectivity index (χ2n) is 6.59. The van der Waals surface area contributed by atoms with Crippen molar-refractivity contribution in [2.75, 3.05) is 0 Å². The van der Waals surface area contributed by atoms with E-state index in [4.69, 9.17) is 0 Å². The normalized spacial score (nSPS) is 11.4. The molecular weight excluding hydrogens is 376 g/mol. The molecule has 29 heavy (non-hydrogen) atoms. The summed E-state index contributed by atoms with van der Waals surface area (Å²) in [6, 6.07) is 16.9. The van der Waals surface area contributed by atoms with Crippen LogP contribution in [0.4, 0.5) is 8.78 Å². The van der Waals surface area contributed by atoms with E-state index in [9.17, 15) is 13.6 Å². The van der Waals surface area contributed by atoms with Gasteiger partial charge in [-0.1, -0.05) is 47.7 Å². The minimum atomic E-state index is -0.821. The Labute approximate surface area is 162 Å². The molecule has 0 fully saturated rings. The number of rotatable bonds is 3. The molecule has 0 spiro atoms. The first-order valence-corrected chi connectivity index (χ1v) is 8.85. The minimum absolute atomic E-state index is 0.0106. The highest BCUT2D eigenvalue weighted by atomic mass is 19.1. The number of fused-ring (bicyclic) bond motifs is 2. The first-order valence-electron chi connectivity index (χ1n) is 8.85. The van der Waals surface area contributed by atoms with E-state index in [0.717, 1.165) is 33.2 Å². The molecule has 0 aliphatic heterocycles. The summed E-state index contributed by atoms with van der Waals surface area (Å²) < 4.78 is 29.8. The Morgan fingerprint density at radius 1 is 0.966 bits per heavy atom. The van der Waals surface area contributed by atoms with E-state index in [-0.39, 0.29) is 16.9 Å². The van der Waals surface area contributed by atoms with E-state index >= 15 is 0 Å². The summed E-state index contributed by atoms with van der Waals surface area (Å²) in [4.78, 5) is 17.2. The lowest BCUT2D eigenvalue weighted by Crippen LogP contribution is -2.21. The summed E-state index contributed by atoms with van der Waals surface area (Å²) in [5.41, 5.74) is 0.652. The van der Waals surface area contributed by atoms with Crippen molar-refractivity contribution in [2.24, 2.45) is 0 Å². The smallest absolute Gasteiger partial charge is 0.283 e. The fraction of sp³-hybridized carbons (Fsp3) is 0.0476. The predicted molar refractivity (Wildman–Crippen MR) is 104 cm³/mol. The lowest BCUT2D eigenvalue weighted by molar-refractivity contribution is 0.573. The Balaban J connectivity index is 1.61. The number of benzene rings is 3. The number of aromatic nitrogens is 5. The Morgan fingerprint density at radius 2 is 1.79 bits per heavy atom. The van der Waals surface area contributed by atoms with Gasteiger partial charge in [0.25, 0.3) is 5.56 Å². The van der Waals surface area contributed by atoms with Crippen LogP contribution in [-0.2, 0) is 6.54 Å². The number of nitrogens with zero attached hydrogens (tertiary/aromatic N) is 5. The number of halogens is 2. The van der Waals surface area contributed by atoms with E-state index in [2.05, 4.69) is 15.3 Å². The van der Waals surface area contributed by atoms with Crippen molar-refractivity contribution in [3.05, 3.63) is 94.5 Å². The second-order valence-corrected chi connectivity index (χ2v) is 6.59. The highest BCUT2D eigenvalue weighted by molar-refractivity contribution is 5.85. The van der Waals surface area contributed by atoms with E-state index in [1.54, 1.807) is 0 Å². The van der Waals surface area contributed by atoms with Crippen LogP contribution in [0.3, 0.4) is 0 Å². The lowest BCUT2D eigenvalue weighted by atomic mass is 10.0. The van der Waals surface area contributed by atoms with Crippen molar-refractivity contribution in [3.8, 4) is 5.69 Å². The average molecular weight is 389 g/mol. The zero-order chi connectivity index (χ0) is 20.0. The van der Waals surface area contributed by atoms with Crippen molar-refractivity contribution in [1.82, 2.24) is 24.5 Å². The topological polar surface area (TPSA) is 65.6 Å². The van der Waals surface area contributed by atoms with Gasteiger partial charge in [-0.2, -0.15) is 4.68 Å². The zero-order valence-electron chi connectivity index (χ0n) is 15.0. The van der Waals surface area contributed by atoms with Crippen LogP contribution >= 0.6 is 0 Å². The molecule has 5 aromatic rings. The largest absolute Gasteiger partial charge is 0.293 e. The van der Waals surface area contributed by atoms with Crippen LogP contribution in [0, 0.1) is 11.6 Å². The van der Waals surface area contributed by atoms with Gasteiger partial charge in [0.1, 0.15) is 17.8 Å². The second kappa shape index (κ2) is 6.59. The van der Waals surface area contributed by atoms with Gasteiger partial charge in [0.05, 0.1) is 6.54 Å². The molecule has 2 aromatic heterocycles. The van der Waals surface area contributed by atoms with E-state index in [0.29, 0.717) is 6.54 Å². The molecule has 0 unspecified atom stereocenters. The maximum absolute atomic E-state index is 14.1. The molecular formula is C21H13F2N5O. The highest BCUT2D eigenvalue weighted by Gasteiger charge is 2.16. The highest BCUT2D eigenvalue weighted by Crippen LogP contribution is 2.20. The summed E-state index contributed by atoms with van der Waals surface area (Å²) in [6.07, 6.45) is 1.38. The quantitative estimate of drug-likeness (QED) is 0.474. The maximum atomic E-state index is 14.1. The molecule has 6 nitrogen and oxygen atoms in total. The van der Waals surface area contributed by atoms with Crippen LogP contribution in [0.25, 0.3) is 27.6 Å². The molecule has 0 bridgehead atoms. The van der Waals surface area contributed by atoms with Crippen LogP contribution in [0.2, 0.25) is 0 Å². The fourth-order valence-corrected chi connectivity index (χ4v) is 3.39. The van der Waals surface area contributed by atoms with E-state index in [1.807, 2.05) is 42.5 Å². The molecule has 0 saturated heterocycles. The first kappa shape index (κ1) is 17.2. The lowest BCUT2D eigenvalue weighted by Gasteiger charge is -2.09. The van der Waals surface area contributed by atoms with Gasteiger partial charge in [0.2, 0.25) is 0 Å². The fourth-order valence-electron chi connectivity index (χ4n) is 3.39. The van der Waals surface area contributed by atoms with Crippen molar-refractivity contribution >= 4 is 21.9 Å². The molecule has 0 amide bonds. The van der Waals surface area contributed by atoms with Gasteiger partial charge in [0, 0.05) is 6.07 Å². The number of hydrogen-bond donors (Lipinski definition) is 0. The molecule has 3 aromatic carbocycles. The van der Waals surface area contributed by atoms with Crippen molar-refractivity contribution in [1.29, 1.82) is 0 Å². The molecule has 0 saturated carbocycles. The third kappa shape index (κ3) is 2.85. The summed E-state index contributed by atoms with van der Waals surface area (Å²) >= 11 is 0. The monoisotopic (exact) mass is 389 g/mol. The van der Waals surface area contributed by atoms with Gasteiger partial charge in [-0.3, -0.25) is 9.36 Å². The van der Waals surface area contributed by atoms with Crippen molar-refractivity contribution in [3.63, 3.8) is 0 Å². The summed E-state index contributed by atoms with van der Waals surface area (Å²) in [7, 11) is 0. The summed E-state index contributed by atoms with van der Waals surface area (Å²) in [6.45, 7) is 0.306. The Bertz CT molecular complexity index is 1440. The van der Waals surface area contributed by atoms with Crippen molar-refractivity contribution < 1.29 is 8.78 Å². The molecule has 8 heteroatoms. The third-order valence-corrected chi connectivity index (χ3v) is 4.79. The molecule has 5 rings (SSSR count). The molecule has 0 aliphatic rings. The zero-order valence-corrected chi connectivity index (χ0v) is 15.0. The Morgan fingerprint density at radius 3 is 2.66 bits per heavy atom. The molecule has 2 heterocycles. The Hall–Kier alpha value is -3.94. The first-order chi connectivity index (χ1) is 14.1. The van der Waals surface area contributed by atoms with Gasteiger partial charge < -0.3 is 0 Å². The predicted octanol–water partition coefficient (Wildman–Crippen LogP) is 3.46. The Kier molecular flexibility index (Phi) is 3.90. The molecule has 0 radical (unpaired) electrons. The van der Waals surface area contributed by atoms with E-state index in [1.165, 1.54) is 17.0 Å². The van der Waals surface area contributed by atoms with E-state index < -0.39 is 17.2 Å². The van der Waals surface area contributed by atoms with Gasteiger partial charge in [-0.15, -0.1) is 5.10 Å². The van der Waals surface area contributed by atoms with Crippen LogP contribution in [0.15, 0.2) is 71.8 Å². The maximum Gasteiger partial charge on any atom is 0.283 e. The van der Waals surface area contributed by atoms with Crippen LogP contribution < -0.4 is 5.56 Å². The molecule has 0 N–H and O–H groups in total. The van der Waals surface area contributed by atoms with Crippen LogP contribution in [0.1, 0.15) is 5.56 Å². The van der Waals surface area contributed by atoms with Crippen LogP contribution in [0.5, 0.6) is 0 Å². The van der Waals surface area contributed by atoms with Gasteiger partial charge in [-0.05, 0) is 28.5 Å². The molecule has 0 atom stereocenters. The number of hydrogen-bond acceptors (Lipinski definition) is 4. The SMILES string of the molecule is O=c1c2nnn(-c3ccc(F)cc3F)c2ncn1Cc1cccc2ccccc12. The third-order valence-electron chi connectivity index (χ3n) is 4.79. The standard InChI is InChI=1S/C21H13F2N5O/c22-15-8-9-18(17(23)10-15)28-20-19(25-26-28)21(29)27(12-24-20)11-14-6-3-5-13-4-1-2-7-16(13)14/h1-10,12H,11H2. The molecule has 0 aliphatic carbocycles. The van der Waals surface area contributed by atoms with Gasteiger partial charge >= 0.3 is 0 Å². The van der Waals surface area contributed by atoms with Gasteiger partial charge in [0.15, 0.2) is 17.0 Å².